The van der Waals surface area contributed by atoms with Crippen LogP contribution >= 0.6 is 0 Å². The van der Waals surface area contributed by atoms with Crippen LogP contribution in [0.25, 0.3) is 0 Å². The number of hydrogen-bond acceptors (Lipinski definition) is 4. The SMILES string of the molecule is CCNC(CN1CCN(C(C)(C)C)CC1)C(=O)O. The normalized spacial score (nSPS) is 20.9. The van der Waals surface area contributed by atoms with E-state index in [-0.39, 0.29) is 5.54 Å². The predicted octanol–water partition coefficient (Wildman–Crippen LogP) is 0.465. The van der Waals surface area contributed by atoms with E-state index in [0.717, 1.165) is 26.2 Å². The number of nitrogens with one attached hydrogen (secondary N) is 1. The molecule has 0 aromatic rings. The second-order valence-electron chi connectivity index (χ2n) is 5.91. The van der Waals surface area contributed by atoms with Gasteiger partial charge in [0.05, 0.1) is 0 Å². The molecule has 5 nitrogen and oxygen atoms in total. The van der Waals surface area contributed by atoms with Crippen LogP contribution in [0.1, 0.15) is 27.7 Å². The van der Waals surface area contributed by atoms with E-state index in [4.69, 9.17) is 5.11 Å². The van der Waals surface area contributed by atoms with Gasteiger partial charge in [-0.25, -0.2) is 0 Å². The molecule has 1 aliphatic heterocycles. The standard InChI is InChI=1S/C13H27N3O2/c1-5-14-11(12(17)18)10-15-6-8-16(9-7-15)13(2,3)4/h11,14H,5-10H2,1-4H3,(H,17,18). The first-order chi connectivity index (χ1) is 8.34. The van der Waals surface area contributed by atoms with Crippen molar-refractivity contribution in [2.75, 3.05) is 39.3 Å². The lowest BCUT2D eigenvalue weighted by molar-refractivity contribution is -0.140. The minimum Gasteiger partial charge on any atom is -0.480 e. The monoisotopic (exact) mass is 257 g/mol. The van der Waals surface area contributed by atoms with Gasteiger partial charge in [-0.2, -0.15) is 0 Å². The fourth-order valence-electron chi connectivity index (χ4n) is 2.34. The molecule has 0 bridgehead atoms. The fraction of sp³-hybridized carbons (Fsp3) is 0.923. The van der Waals surface area contributed by atoms with Gasteiger partial charge in [-0.1, -0.05) is 6.92 Å². The smallest absolute Gasteiger partial charge is 0.322 e. The maximum Gasteiger partial charge on any atom is 0.322 e. The van der Waals surface area contributed by atoms with E-state index in [2.05, 4.69) is 35.9 Å². The third kappa shape index (κ3) is 4.55. The largest absolute Gasteiger partial charge is 0.480 e. The molecule has 1 atom stereocenters. The Bertz CT molecular complexity index is 268. The number of hydrogen-bond donors (Lipinski definition) is 2. The molecule has 0 spiro atoms. The fourth-order valence-corrected chi connectivity index (χ4v) is 2.34. The van der Waals surface area contributed by atoms with Crippen molar-refractivity contribution in [3.8, 4) is 0 Å². The number of piperazine rings is 1. The molecule has 0 radical (unpaired) electrons. The molecule has 106 valence electrons. The maximum absolute atomic E-state index is 11.1. The summed E-state index contributed by atoms with van der Waals surface area (Å²) in [6.45, 7) is 13.8. The van der Waals surface area contributed by atoms with Gasteiger partial charge < -0.3 is 10.4 Å². The van der Waals surface area contributed by atoms with Gasteiger partial charge in [-0.15, -0.1) is 0 Å². The Kier molecular flexibility index (Phi) is 5.56. The second kappa shape index (κ2) is 6.50. The molecular formula is C13H27N3O2. The first-order valence-electron chi connectivity index (χ1n) is 6.78. The molecule has 1 saturated heterocycles. The van der Waals surface area contributed by atoms with Gasteiger partial charge in [0.1, 0.15) is 6.04 Å². The van der Waals surface area contributed by atoms with E-state index in [0.29, 0.717) is 13.1 Å². The van der Waals surface area contributed by atoms with Crippen LogP contribution in [0.2, 0.25) is 0 Å². The minimum absolute atomic E-state index is 0.208. The van der Waals surface area contributed by atoms with Gasteiger partial charge in [0.15, 0.2) is 0 Å². The highest BCUT2D eigenvalue weighted by Crippen LogP contribution is 2.15. The zero-order valence-electron chi connectivity index (χ0n) is 12.1. The average Bonchev–Trinajstić information content (AvgIpc) is 2.28. The van der Waals surface area contributed by atoms with Gasteiger partial charge in [-0.3, -0.25) is 14.6 Å². The lowest BCUT2D eigenvalue weighted by Gasteiger charge is -2.42. The number of carboxylic acid groups (broad SMARTS) is 1. The van der Waals surface area contributed by atoms with Crippen molar-refractivity contribution < 1.29 is 9.90 Å². The lowest BCUT2D eigenvalue weighted by atomic mass is 10.0. The molecule has 0 aromatic heterocycles. The number of carboxylic acids is 1. The minimum atomic E-state index is -0.755. The molecule has 1 aliphatic rings. The molecule has 0 aromatic carbocycles. The third-order valence-corrected chi connectivity index (χ3v) is 3.51. The van der Waals surface area contributed by atoms with Gasteiger partial charge in [-0.05, 0) is 27.3 Å². The summed E-state index contributed by atoms with van der Waals surface area (Å²) >= 11 is 0. The van der Waals surface area contributed by atoms with Crippen LogP contribution in [-0.4, -0.2) is 71.7 Å². The molecule has 0 saturated carbocycles. The van der Waals surface area contributed by atoms with Crippen molar-refractivity contribution in [3.05, 3.63) is 0 Å². The van der Waals surface area contributed by atoms with E-state index >= 15 is 0 Å². The van der Waals surface area contributed by atoms with E-state index in [1.54, 1.807) is 0 Å². The predicted molar refractivity (Wildman–Crippen MR) is 72.9 cm³/mol. The van der Waals surface area contributed by atoms with Crippen molar-refractivity contribution in [1.29, 1.82) is 0 Å². The molecule has 0 amide bonds. The van der Waals surface area contributed by atoms with Gasteiger partial charge in [0.2, 0.25) is 0 Å². The Morgan fingerprint density at radius 1 is 1.28 bits per heavy atom. The van der Waals surface area contributed by atoms with E-state index < -0.39 is 12.0 Å². The summed E-state index contributed by atoms with van der Waals surface area (Å²) in [6.07, 6.45) is 0. The van der Waals surface area contributed by atoms with Crippen LogP contribution < -0.4 is 5.32 Å². The van der Waals surface area contributed by atoms with Gasteiger partial charge >= 0.3 is 5.97 Å². The highest BCUT2D eigenvalue weighted by Gasteiger charge is 2.28. The van der Waals surface area contributed by atoms with Crippen molar-refractivity contribution in [3.63, 3.8) is 0 Å². The molecule has 5 heteroatoms. The Balaban J connectivity index is 2.41. The van der Waals surface area contributed by atoms with Crippen molar-refractivity contribution in [2.45, 2.75) is 39.3 Å². The molecule has 1 unspecified atom stereocenters. The first-order valence-corrected chi connectivity index (χ1v) is 6.78. The molecule has 1 rings (SSSR count). The molecule has 0 aliphatic carbocycles. The Morgan fingerprint density at radius 3 is 2.22 bits per heavy atom. The molecule has 1 fully saturated rings. The zero-order valence-corrected chi connectivity index (χ0v) is 12.1. The number of nitrogens with zero attached hydrogens (tertiary/aromatic N) is 2. The van der Waals surface area contributed by atoms with Crippen LogP contribution in [0.15, 0.2) is 0 Å². The van der Waals surface area contributed by atoms with E-state index in [1.165, 1.54) is 0 Å². The third-order valence-electron chi connectivity index (χ3n) is 3.51. The summed E-state index contributed by atoms with van der Waals surface area (Å²) in [4.78, 5) is 15.8. The van der Waals surface area contributed by atoms with Crippen LogP contribution in [-0.2, 0) is 4.79 Å². The van der Waals surface area contributed by atoms with Crippen molar-refractivity contribution in [2.24, 2.45) is 0 Å². The molecule has 18 heavy (non-hydrogen) atoms. The summed E-state index contributed by atoms with van der Waals surface area (Å²) in [7, 11) is 0. The highest BCUT2D eigenvalue weighted by atomic mass is 16.4. The summed E-state index contributed by atoms with van der Waals surface area (Å²) < 4.78 is 0. The van der Waals surface area contributed by atoms with Crippen LogP contribution in [0.4, 0.5) is 0 Å². The Hall–Kier alpha value is -0.650. The van der Waals surface area contributed by atoms with Gasteiger partial charge in [0.25, 0.3) is 0 Å². The summed E-state index contributed by atoms with van der Waals surface area (Å²) in [5, 5.41) is 12.1. The van der Waals surface area contributed by atoms with Crippen molar-refractivity contribution >= 4 is 5.97 Å². The summed E-state index contributed by atoms with van der Waals surface area (Å²) in [6, 6.07) is -0.448. The second-order valence-corrected chi connectivity index (χ2v) is 5.91. The van der Waals surface area contributed by atoms with E-state index in [1.807, 2.05) is 6.92 Å². The number of aliphatic carboxylic acids is 1. The van der Waals surface area contributed by atoms with Gasteiger partial charge in [0, 0.05) is 38.3 Å². The number of likely N-dealkylation sites (N-methyl/N-ethyl adjacent to an activating group) is 1. The summed E-state index contributed by atoms with van der Waals surface area (Å²) in [5.41, 5.74) is 0.208. The van der Waals surface area contributed by atoms with Crippen molar-refractivity contribution in [1.82, 2.24) is 15.1 Å². The lowest BCUT2D eigenvalue weighted by Crippen LogP contribution is -2.56. The molecule has 1 heterocycles. The summed E-state index contributed by atoms with van der Waals surface area (Å²) in [5.74, 6) is -0.755. The van der Waals surface area contributed by atoms with Crippen LogP contribution in [0.5, 0.6) is 0 Å². The van der Waals surface area contributed by atoms with E-state index in [9.17, 15) is 4.79 Å². The average molecular weight is 257 g/mol. The maximum atomic E-state index is 11.1. The topological polar surface area (TPSA) is 55.8 Å². The highest BCUT2D eigenvalue weighted by molar-refractivity contribution is 5.73. The molecular weight excluding hydrogens is 230 g/mol. The zero-order chi connectivity index (χ0) is 13.8. The number of rotatable bonds is 5. The first kappa shape index (κ1) is 15.4. The Morgan fingerprint density at radius 2 is 1.83 bits per heavy atom. The van der Waals surface area contributed by atoms with Crippen LogP contribution in [0.3, 0.4) is 0 Å². The quantitative estimate of drug-likeness (QED) is 0.749. The Labute approximate surface area is 110 Å². The van der Waals surface area contributed by atoms with Crippen LogP contribution in [0, 0.1) is 0 Å². The molecule has 2 N–H and O–H groups in total. The number of carbonyl (C=O) groups is 1.